The minimum atomic E-state index is -1.09. The molecule has 1 unspecified atom stereocenters. The van der Waals surface area contributed by atoms with Gasteiger partial charge in [0.25, 0.3) is 0 Å². The number of carbonyl (C=O) groups excluding carboxylic acids is 1. The number of carboxylic acid groups (broad SMARTS) is 1. The molecule has 4 N–H and O–H groups in total. The Balaban J connectivity index is 2.50. The monoisotopic (exact) mass is 223 g/mol. The summed E-state index contributed by atoms with van der Waals surface area (Å²) in [6, 6.07) is 2.60. The maximum absolute atomic E-state index is 10.8. The van der Waals surface area contributed by atoms with Crippen molar-refractivity contribution in [3.8, 4) is 0 Å². The number of aliphatic carboxylic acids is 1. The van der Waals surface area contributed by atoms with Crippen LogP contribution in [0.1, 0.15) is 12.0 Å². The average Bonchev–Trinajstić information content (AvgIpc) is 2.25. The van der Waals surface area contributed by atoms with E-state index < -0.39 is 17.9 Å². The highest BCUT2D eigenvalue weighted by molar-refractivity contribution is 5.83. The molecule has 86 valence electrons. The van der Waals surface area contributed by atoms with Crippen LogP contribution in [0.4, 0.5) is 0 Å². The van der Waals surface area contributed by atoms with Gasteiger partial charge in [-0.25, -0.2) is 0 Å². The van der Waals surface area contributed by atoms with E-state index in [1.807, 2.05) is 6.07 Å². The largest absolute Gasteiger partial charge is 0.480 e. The van der Waals surface area contributed by atoms with Gasteiger partial charge in [0.05, 0.1) is 6.42 Å². The zero-order chi connectivity index (χ0) is 12.0. The van der Waals surface area contributed by atoms with Gasteiger partial charge in [0, 0.05) is 18.9 Å². The lowest BCUT2D eigenvalue weighted by atomic mass is 10.2. The van der Waals surface area contributed by atoms with E-state index in [1.54, 1.807) is 18.5 Å². The molecule has 0 saturated heterocycles. The zero-order valence-electron chi connectivity index (χ0n) is 8.59. The van der Waals surface area contributed by atoms with Gasteiger partial charge in [-0.1, -0.05) is 6.07 Å². The fraction of sp³-hybridized carbons (Fsp3) is 0.300. The summed E-state index contributed by atoms with van der Waals surface area (Å²) in [7, 11) is 0. The molecule has 1 rings (SSSR count). The van der Waals surface area contributed by atoms with Crippen LogP contribution < -0.4 is 11.1 Å². The molecule has 6 heteroatoms. The van der Waals surface area contributed by atoms with Gasteiger partial charge in [0.2, 0.25) is 5.91 Å². The summed E-state index contributed by atoms with van der Waals surface area (Å²) in [5.74, 6) is -1.74. The third kappa shape index (κ3) is 4.05. The summed E-state index contributed by atoms with van der Waals surface area (Å²) in [4.78, 5) is 25.3. The number of amides is 1. The van der Waals surface area contributed by atoms with Crippen molar-refractivity contribution in [1.29, 1.82) is 0 Å². The number of nitrogens with one attached hydrogen (secondary N) is 1. The van der Waals surface area contributed by atoms with Crippen molar-refractivity contribution in [2.45, 2.75) is 19.0 Å². The smallest absolute Gasteiger partial charge is 0.321 e. The van der Waals surface area contributed by atoms with Crippen LogP contribution in [-0.4, -0.2) is 28.0 Å². The maximum atomic E-state index is 10.8. The quantitative estimate of drug-likeness (QED) is 0.603. The minimum Gasteiger partial charge on any atom is -0.480 e. The first kappa shape index (κ1) is 12.1. The van der Waals surface area contributed by atoms with Crippen LogP contribution in [0.5, 0.6) is 0 Å². The molecule has 0 spiro atoms. The molecule has 0 aromatic carbocycles. The van der Waals surface area contributed by atoms with E-state index >= 15 is 0 Å². The number of primary amides is 1. The summed E-state index contributed by atoms with van der Waals surface area (Å²) in [5.41, 5.74) is 5.79. The molecule has 0 fully saturated rings. The Bertz CT molecular complexity index is 367. The molecule has 1 amide bonds. The molecule has 1 atom stereocenters. The lowest BCUT2D eigenvalue weighted by Crippen LogP contribution is -2.39. The molecular weight excluding hydrogens is 210 g/mol. The third-order valence-corrected chi connectivity index (χ3v) is 1.98. The summed E-state index contributed by atoms with van der Waals surface area (Å²) in [6.45, 7) is 0.331. The summed E-state index contributed by atoms with van der Waals surface area (Å²) >= 11 is 0. The number of rotatable bonds is 6. The van der Waals surface area contributed by atoms with Crippen LogP contribution in [0.15, 0.2) is 24.5 Å². The van der Waals surface area contributed by atoms with Crippen LogP contribution in [0, 0.1) is 0 Å². The van der Waals surface area contributed by atoms with E-state index in [0.29, 0.717) is 6.54 Å². The second-order valence-corrected chi connectivity index (χ2v) is 3.30. The highest BCUT2D eigenvalue weighted by Gasteiger charge is 2.18. The average molecular weight is 223 g/mol. The van der Waals surface area contributed by atoms with E-state index in [0.717, 1.165) is 5.56 Å². The molecule has 16 heavy (non-hydrogen) atoms. The predicted octanol–water partition coefficient (Wildman–Crippen LogP) is -0.500. The molecular formula is C10H13N3O3. The van der Waals surface area contributed by atoms with Gasteiger partial charge in [0.1, 0.15) is 6.04 Å². The Hall–Kier alpha value is -1.95. The number of aromatic nitrogens is 1. The van der Waals surface area contributed by atoms with Gasteiger partial charge in [-0.3, -0.25) is 19.9 Å². The van der Waals surface area contributed by atoms with Gasteiger partial charge in [-0.05, 0) is 11.6 Å². The molecule has 1 aromatic heterocycles. The predicted molar refractivity (Wildman–Crippen MR) is 56.3 cm³/mol. The molecule has 0 aliphatic heterocycles. The number of nitrogens with zero attached hydrogens (tertiary/aromatic N) is 1. The Labute approximate surface area is 92.5 Å². The lowest BCUT2D eigenvalue weighted by molar-refractivity contribution is -0.141. The molecule has 1 heterocycles. The van der Waals surface area contributed by atoms with Crippen molar-refractivity contribution >= 4 is 11.9 Å². The molecule has 0 saturated carbocycles. The second kappa shape index (κ2) is 5.82. The number of hydrogen-bond acceptors (Lipinski definition) is 4. The number of nitrogens with two attached hydrogens (primary N) is 1. The molecule has 0 aliphatic rings. The van der Waals surface area contributed by atoms with Gasteiger partial charge >= 0.3 is 5.97 Å². The standard InChI is InChI=1S/C10H13N3O3/c11-9(14)4-8(10(15)16)13-6-7-2-1-3-12-5-7/h1-3,5,8,13H,4,6H2,(H2,11,14)(H,15,16). The Morgan fingerprint density at radius 3 is 2.81 bits per heavy atom. The first-order chi connectivity index (χ1) is 7.59. The van der Waals surface area contributed by atoms with Crippen LogP contribution in [-0.2, 0) is 16.1 Å². The number of hydrogen-bond donors (Lipinski definition) is 3. The minimum absolute atomic E-state index is 0.227. The molecule has 0 aliphatic carbocycles. The van der Waals surface area contributed by atoms with Crippen molar-refractivity contribution in [3.05, 3.63) is 30.1 Å². The first-order valence-electron chi connectivity index (χ1n) is 4.73. The lowest BCUT2D eigenvalue weighted by Gasteiger charge is -2.12. The topological polar surface area (TPSA) is 105 Å². The Kier molecular flexibility index (Phi) is 4.41. The van der Waals surface area contributed by atoms with E-state index in [9.17, 15) is 9.59 Å². The van der Waals surface area contributed by atoms with E-state index in [-0.39, 0.29) is 6.42 Å². The van der Waals surface area contributed by atoms with Crippen molar-refractivity contribution in [2.75, 3.05) is 0 Å². The summed E-state index contributed by atoms with van der Waals surface area (Å²) < 4.78 is 0. The zero-order valence-corrected chi connectivity index (χ0v) is 8.59. The number of pyridine rings is 1. The summed E-state index contributed by atoms with van der Waals surface area (Å²) in [5, 5.41) is 11.5. The van der Waals surface area contributed by atoms with Crippen molar-refractivity contribution in [2.24, 2.45) is 5.73 Å². The van der Waals surface area contributed by atoms with Crippen LogP contribution >= 0.6 is 0 Å². The van der Waals surface area contributed by atoms with Gasteiger partial charge < -0.3 is 10.8 Å². The third-order valence-electron chi connectivity index (χ3n) is 1.98. The van der Waals surface area contributed by atoms with Gasteiger partial charge in [-0.15, -0.1) is 0 Å². The van der Waals surface area contributed by atoms with Crippen LogP contribution in [0.2, 0.25) is 0 Å². The van der Waals surface area contributed by atoms with Crippen LogP contribution in [0.25, 0.3) is 0 Å². The van der Waals surface area contributed by atoms with Gasteiger partial charge in [0.15, 0.2) is 0 Å². The van der Waals surface area contributed by atoms with Crippen LogP contribution in [0.3, 0.4) is 0 Å². The molecule has 0 radical (unpaired) electrons. The maximum Gasteiger partial charge on any atom is 0.321 e. The SMILES string of the molecule is NC(=O)CC(NCc1cccnc1)C(=O)O. The Morgan fingerprint density at radius 1 is 1.56 bits per heavy atom. The molecule has 1 aromatic rings. The fourth-order valence-corrected chi connectivity index (χ4v) is 1.19. The summed E-state index contributed by atoms with van der Waals surface area (Å²) in [6.07, 6.45) is 3.02. The highest BCUT2D eigenvalue weighted by atomic mass is 16.4. The second-order valence-electron chi connectivity index (χ2n) is 3.30. The van der Waals surface area contributed by atoms with E-state index in [4.69, 9.17) is 10.8 Å². The number of carboxylic acids is 1. The van der Waals surface area contributed by atoms with Crippen molar-refractivity contribution < 1.29 is 14.7 Å². The molecule has 6 nitrogen and oxygen atoms in total. The van der Waals surface area contributed by atoms with E-state index in [1.165, 1.54) is 0 Å². The fourth-order valence-electron chi connectivity index (χ4n) is 1.19. The van der Waals surface area contributed by atoms with E-state index in [2.05, 4.69) is 10.3 Å². The normalized spacial score (nSPS) is 12.0. The first-order valence-corrected chi connectivity index (χ1v) is 4.73. The van der Waals surface area contributed by atoms with Crippen molar-refractivity contribution in [3.63, 3.8) is 0 Å². The number of carbonyl (C=O) groups is 2. The van der Waals surface area contributed by atoms with Gasteiger partial charge in [-0.2, -0.15) is 0 Å². The van der Waals surface area contributed by atoms with Crippen molar-refractivity contribution in [1.82, 2.24) is 10.3 Å². The molecule has 0 bridgehead atoms. The Morgan fingerprint density at radius 2 is 2.31 bits per heavy atom. The highest BCUT2D eigenvalue weighted by Crippen LogP contribution is 1.98.